The van der Waals surface area contributed by atoms with Gasteiger partial charge in [-0.3, -0.25) is 9.48 Å². The van der Waals surface area contributed by atoms with Crippen LogP contribution in [0.3, 0.4) is 0 Å². The molecule has 0 unspecified atom stereocenters. The van der Waals surface area contributed by atoms with E-state index in [4.69, 9.17) is 28.8 Å². The van der Waals surface area contributed by atoms with Crippen LogP contribution in [0.4, 0.5) is 11.6 Å². The Balaban J connectivity index is 1.78. The summed E-state index contributed by atoms with van der Waals surface area (Å²) in [4.78, 5) is 23.3. The third kappa shape index (κ3) is 5.78. The number of aliphatic imine (C=N–C) groups is 1. The van der Waals surface area contributed by atoms with Crippen LogP contribution in [0, 0.1) is 0 Å². The molecular weight excluding hydrogens is 372 g/mol. The fraction of sp³-hybridized carbons (Fsp3) is 0.467. The number of halogens is 1. The van der Waals surface area contributed by atoms with Gasteiger partial charge in [-0.2, -0.15) is 4.99 Å². The molecule has 27 heavy (non-hydrogen) atoms. The fourth-order valence-corrected chi connectivity index (χ4v) is 2.23. The highest BCUT2D eigenvalue weighted by Gasteiger charge is 2.15. The van der Waals surface area contributed by atoms with Crippen molar-refractivity contribution in [2.45, 2.75) is 39.2 Å². The summed E-state index contributed by atoms with van der Waals surface area (Å²) in [6.07, 6.45) is 3.60. The highest BCUT2D eigenvalue weighted by atomic mass is 35.5. The minimum absolute atomic E-state index is 0.0444. The number of hydrogen-bond donors (Lipinski definition) is 4. The van der Waals surface area contributed by atoms with Crippen molar-refractivity contribution in [3.63, 3.8) is 0 Å². The third-order valence-corrected chi connectivity index (χ3v) is 3.88. The van der Waals surface area contributed by atoms with Gasteiger partial charge in [0.25, 0.3) is 0 Å². The van der Waals surface area contributed by atoms with Gasteiger partial charge < -0.3 is 22.5 Å². The van der Waals surface area contributed by atoms with Gasteiger partial charge in [0.05, 0.1) is 5.69 Å². The van der Waals surface area contributed by atoms with Crippen LogP contribution in [-0.4, -0.2) is 43.4 Å². The molecule has 0 spiro atoms. The molecule has 0 radical (unpaired) electrons. The number of anilines is 2. The van der Waals surface area contributed by atoms with Gasteiger partial charge in [-0.05, 0) is 18.8 Å². The zero-order valence-corrected chi connectivity index (χ0v) is 15.9. The topological polar surface area (TPSA) is 176 Å². The molecule has 12 heteroatoms. The smallest absolute Gasteiger partial charge is 0.302 e. The molecule has 0 aromatic carbocycles. The second kappa shape index (κ2) is 9.12. The van der Waals surface area contributed by atoms with E-state index >= 15 is 0 Å². The Morgan fingerprint density at radius 3 is 2.70 bits per heavy atom. The van der Waals surface area contributed by atoms with Crippen molar-refractivity contribution in [3.05, 3.63) is 22.7 Å². The third-order valence-electron chi connectivity index (χ3n) is 3.60. The zero-order valence-electron chi connectivity index (χ0n) is 15.2. The minimum Gasteiger partial charge on any atom is -0.382 e. The van der Waals surface area contributed by atoms with Crippen molar-refractivity contribution in [3.8, 4) is 0 Å². The number of nitrogen functional groups attached to an aromatic ring is 2. The van der Waals surface area contributed by atoms with Crippen LogP contribution in [0.1, 0.15) is 48.8 Å². The Bertz CT molecular complexity index is 832. The van der Waals surface area contributed by atoms with E-state index in [9.17, 15) is 4.79 Å². The van der Waals surface area contributed by atoms with E-state index in [1.54, 1.807) is 0 Å². The van der Waals surface area contributed by atoms with Gasteiger partial charge in [-0.1, -0.05) is 30.7 Å². The van der Waals surface area contributed by atoms with Crippen molar-refractivity contribution in [1.29, 1.82) is 0 Å². The minimum atomic E-state index is -0.754. The van der Waals surface area contributed by atoms with Gasteiger partial charge in [0.2, 0.25) is 0 Å². The molecule has 2 heterocycles. The number of nitrogens with two attached hydrogens (primary N) is 3. The summed E-state index contributed by atoms with van der Waals surface area (Å²) in [5.41, 5.74) is 17.5. The highest BCUT2D eigenvalue weighted by molar-refractivity contribution is 6.31. The lowest BCUT2D eigenvalue weighted by molar-refractivity contribution is 0.0998. The lowest BCUT2D eigenvalue weighted by Gasteiger charge is -2.06. The second-order valence-electron chi connectivity index (χ2n) is 6.13. The number of carbonyl (C=O) groups excluding carboxylic acids is 1. The number of nitrogens with one attached hydrogen (secondary N) is 1. The van der Waals surface area contributed by atoms with E-state index in [0.29, 0.717) is 12.5 Å². The van der Waals surface area contributed by atoms with Gasteiger partial charge in [-0.15, -0.1) is 5.10 Å². The molecule has 0 saturated carbocycles. The first-order chi connectivity index (χ1) is 12.8. The molecule has 0 aliphatic carbocycles. The molecule has 0 aliphatic rings. The first-order valence-corrected chi connectivity index (χ1v) is 8.76. The first kappa shape index (κ1) is 20.4. The van der Waals surface area contributed by atoms with Crippen LogP contribution in [0.5, 0.6) is 0 Å². The van der Waals surface area contributed by atoms with Crippen molar-refractivity contribution >= 4 is 35.1 Å². The molecule has 11 nitrogen and oxygen atoms in total. The molecule has 0 bridgehead atoms. The van der Waals surface area contributed by atoms with Crippen LogP contribution < -0.4 is 22.5 Å². The lowest BCUT2D eigenvalue weighted by atomic mass is 10.2. The van der Waals surface area contributed by atoms with Crippen molar-refractivity contribution in [1.82, 2.24) is 30.3 Å². The number of amides is 1. The summed E-state index contributed by atoms with van der Waals surface area (Å²) < 4.78 is 1.81. The summed E-state index contributed by atoms with van der Waals surface area (Å²) in [5, 5.41) is 10.9. The standard InChI is InChI=1S/C15H23ClN10O/c1-8(2)9-7-26(25-24-9)6-4-3-5-20-15(19)23-14(27)10-12(17)22-13(18)11(16)21-10/h7-8H,3-6H2,1-2H3,(H4,17,18,22)(H3,19,20,23,27). The maximum atomic E-state index is 12.1. The van der Waals surface area contributed by atoms with E-state index in [-0.39, 0.29) is 28.4 Å². The predicted octanol–water partition coefficient (Wildman–Crippen LogP) is 0.534. The second-order valence-corrected chi connectivity index (χ2v) is 6.49. The summed E-state index contributed by atoms with van der Waals surface area (Å²) >= 11 is 5.74. The van der Waals surface area contributed by atoms with E-state index < -0.39 is 5.91 Å². The first-order valence-electron chi connectivity index (χ1n) is 8.38. The van der Waals surface area contributed by atoms with E-state index in [1.165, 1.54) is 0 Å². The van der Waals surface area contributed by atoms with Crippen LogP contribution in [-0.2, 0) is 6.54 Å². The molecule has 0 atom stereocenters. The molecule has 0 aliphatic heterocycles. The summed E-state index contributed by atoms with van der Waals surface area (Å²) in [6, 6.07) is 0. The van der Waals surface area contributed by atoms with E-state index in [0.717, 1.165) is 25.1 Å². The quantitative estimate of drug-likeness (QED) is 0.296. The van der Waals surface area contributed by atoms with Gasteiger partial charge in [0.1, 0.15) is 0 Å². The summed E-state index contributed by atoms with van der Waals surface area (Å²) in [7, 11) is 0. The van der Waals surface area contributed by atoms with Crippen molar-refractivity contribution in [2.75, 3.05) is 18.0 Å². The highest BCUT2D eigenvalue weighted by Crippen LogP contribution is 2.17. The Morgan fingerprint density at radius 2 is 2.04 bits per heavy atom. The summed E-state index contributed by atoms with van der Waals surface area (Å²) in [5.74, 6) is -0.669. The number of unbranched alkanes of at least 4 members (excludes halogenated alkanes) is 1. The van der Waals surface area contributed by atoms with E-state index in [2.05, 4.69) is 44.4 Å². The van der Waals surface area contributed by atoms with Crippen molar-refractivity contribution in [2.24, 2.45) is 10.7 Å². The monoisotopic (exact) mass is 394 g/mol. The maximum Gasteiger partial charge on any atom is 0.302 e. The largest absolute Gasteiger partial charge is 0.382 e. The van der Waals surface area contributed by atoms with Gasteiger partial charge >= 0.3 is 5.91 Å². The van der Waals surface area contributed by atoms with Gasteiger partial charge in [0, 0.05) is 19.3 Å². The number of carbonyl (C=O) groups is 1. The molecule has 146 valence electrons. The zero-order chi connectivity index (χ0) is 20.0. The fourth-order valence-electron chi connectivity index (χ4n) is 2.10. The Kier molecular flexibility index (Phi) is 6.88. The number of hydrogen-bond acceptors (Lipinski definition) is 7. The van der Waals surface area contributed by atoms with Crippen LogP contribution in [0.25, 0.3) is 0 Å². The number of aromatic nitrogens is 5. The average molecular weight is 395 g/mol. The van der Waals surface area contributed by atoms with Crippen LogP contribution in [0.2, 0.25) is 5.15 Å². The Hall–Kier alpha value is -2.95. The molecule has 0 saturated heterocycles. The SMILES string of the molecule is CC(C)c1cn(CCCCN/C(N)=N/C(=O)c2nc(Cl)c(N)nc2N)nn1. The number of aryl methyl sites for hydroxylation is 1. The number of rotatable bonds is 7. The molecule has 2 aromatic rings. The molecule has 2 aromatic heterocycles. The molecule has 0 fully saturated rings. The molecule has 2 rings (SSSR count). The Labute approximate surface area is 161 Å². The molecule has 1 amide bonds. The normalized spacial score (nSPS) is 11.8. The van der Waals surface area contributed by atoms with Crippen LogP contribution >= 0.6 is 11.6 Å². The summed E-state index contributed by atoms with van der Waals surface area (Å²) in [6.45, 7) is 5.42. The number of guanidine groups is 1. The van der Waals surface area contributed by atoms with E-state index in [1.807, 2.05) is 10.9 Å². The van der Waals surface area contributed by atoms with Gasteiger partial charge in [-0.25, -0.2) is 9.97 Å². The van der Waals surface area contributed by atoms with Crippen LogP contribution in [0.15, 0.2) is 11.2 Å². The van der Waals surface area contributed by atoms with Crippen molar-refractivity contribution < 1.29 is 4.79 Å². The average Bonchev–Trinajstić information content (AvgIpc) is 3.07. The maximum absolute atomic E-state index is 12.1. The number of nitrogens with zero attached hydrogens (tertiary/aromatic N) is 6. The molecule has 7 N–H and O–H groups in total. The van der Waals surface area contributed by atoms with Gasteiger partial charge in [0.15, 0.2) is 28.4 Å². The molecular formula is C15H23ClN10O. The lowest BCUT2D eigenvalue weighted by Crippen LogP contribution is -2.33. The predicted molar refractivity (Wildman–Crippen MR) is 103 cm³/mol. The Morgan fingerprint density at radius 1 is 1.30 bits per heavy atom.